The molecule has 0 spiro atoms. The lowest BCUT2D eigenvalue weighted by Crippen LogP contribution is -2.40. The highest BCUT2D eigenvalue weighted by Gasteiger charge is 2.50. The van der Waals surface area contributed by atoms with Crippen molar-refractivity contribution in [1.29, 1.82) is 0 Å². The summed E-state index contributed by atoms with van der Waals surface area (Å²) in [5.74, 6) is -3.60. The molecule has 39 heavy (non-hydrogen) atoms. The number of hydrogen-bond acceptors (Lipinski definition) is 4. The summed E-state index contributed by atoms with van der Waals surface area (Å²) in [4.78, 5) is 0. The fourth-order valence-corrected chi connectivity index (χ4v) is 3.61. The molecule has 0 unspecified atom stereocenters. The minimum absolute atomic E-state index is 0.232. The van der Waals surface area contributed by atoms with Gasteiger partial charge in [0.05, 0.1) is 28.9 Å². The van der Waals surface area contributed by atoms with Gasteiger partial charge in [-0.3, -0.25) is 0 Å². The third kappa shape index (κ3) is 7.23. The Labute approximate surface area is 213 Å². The van der Waals surface area contributed by atoms with Gasteiger partial charge in [0, 0.05) is 11.0 Å². The normalized spacial score (nSPS) is 13.3. The van der Waals surface area contributed by atoms with Crippen LogP contribution in [0, 0.1) is 0 Å². The van der Waals surface area contributed by atoms with Crippen molar-refractivity contribution in [2.24, 2.45) is 0 Å². The summed E-state index contributed by atoms with van der Waals surface area (Å²) in [6.07, 6.45) is -25.5. The van der Waals surface area contributed by atoms with Crippen molar-refractivity contribution in [2.45, 2.75) is 64.6 Å². The first kappa shape index (κ1) is 32.4. The Morgan fingerprint density at radius 1 is 0.590 bits per heavy atom. The first-order valence-corrected chi connectivity index (χ1v) is 10.7. The molecule has 0 radical (unpaired) electrons. The summed E-state index contributed by atoms with van der Waals surface area (Å²) in [7, 11) is -3.38. The molecule has 0 aromatic heterocycles. The molecule has 0 amide bonds. The van der Waals surface area contributed by atoms with Gasteiger partial charge in [0.2, 0.25) is 0 Å². The Bertz CT molecular complexity index is 1160. The first-order chi connectivity index (χ1) is 17.4. The number of alkyl halides is 12. The van der Waals surface area contributed by atoms with Crippen LogP contribution in [0.2, 0.25) is 0 Å². The molecule has 2 rings (SSSR count). The second kappa shape index (κ2) is 10.6. The van der Waals surface area contributed by atoms with Crippen molar-refractivity contribution in [2.75, 3.05) is 0 Å². The molecule has 17 heteroatoms. The van der Waals surface area contributed by atoms with Crippen LogP contribution < -0.4 is 14.9 Å². The zero-order chi connectivity index (χ0) is 30.5. The van der Waals surface area contributed by atoms with E-state index in [9.17, 15) is 62.7 Å². The summed E-state index contributed by atoms with van der Waals surface area (Å²) < 4.78 is 177. The molecule has 0 bridgehead atoms. The summed E-state index contributed by atoms with van der Waals surface area (Å²) in [5.41, 5.74) is -14.4. The lowest BCUT2D eigenvalue weighted by atomic mass is 9.72. The zero-order valence-electron chi connectivity index (χ0n) is 20.2. The molecular formula is C22H19BF12O4. The SMILES string of the molecule is CC(C)Oc1c(B(O)O)c(C(F)(F)F)c(-c2cc(C(F)(F)F)cc(C(F)(F)F)c2)c(OC(C)C)c1C(F)(F)F. The van der Waals surface area contributed by atoms with E-state index in [1.165, 1.54) is 0 Å². The number of rotatable bonds is 6. The monoisotopic (exact) mass is 586 g/mol. The van der Waals surface area contributed by atoms with Crippen LogP contribution in [0.3, 0.4) is 0 Å². The van der Waals surface area contributed by atoms with E-state index in [0.29, 0.717) is 0 Å². The molecule has 0 aliphatic rings. The summed E-state index contributed by atoms with van der Waals surface area (Å²) >= 11 is 0. The zero-order valence-corrected chi connectivity index (χ0v) is 20.2. The molecule has 218 valence electrons. The molecule has 4 nitrogen and oxygen atoms in total. The van der Waals surface area contributed by atoms with Crippen molar-refractivity contribution in [3.8, 4) is 22.6 Å². The van der Waals surface area contributed by atoms with Gasteiger partial charge in [0.1, 0.15) is 17.1 Å². The maximum Gasteiger partial charge on any atom is 0.492 e. The molecule has 2 aromatic rings. The van der Waals surface area contributed by atoms with E-state index in [2.05, 4.69) is 0 Å². The van der Waals surface area contributed by atoms with Crippen LogP contribution in [0.15, 0.2) is 18.2 Å². The van der Waals surface area contributed by atoms with E-state index in [1.54, 1.807) is 0 Å². The van der Waals surface area contributed by atoms with Gasteiger partial charge < -0.3 is 19.5 Å². The highest BCUT2D eigenvalue weighted by molar-refractivity contribution is 6.60. The molecule has 2 aromatic carbocycles. The molecule has 0 saturated carbocycles. The first-order valence-electron chi connectivity index (χ1n) is 10.7. The molecule has 0 atom stereocenters. The number of hydrogen-bond donors (Lipinski definition) is 2. The molecule has 0 aliphatic heterocycles. The quantitative estimate of drug-likeness (QED) is 0.293. The molecule has 0 heterocycles. The Hall–Kier alpha value is -2.82. The van der Waals surface area contributed by atoms with Gasteiger partial charge in [-0.05, 0) is 51.5 Å². The second-order valence-electron chi connectivity index (χ2n) is 8.69. The second-order valence-corrected chi connectivity index (χ2v) is 8.69. The fourth-order valence-electron chi connectivity index (χ4n) is 3.61. The van der Waals surface area contributed by atoms with Gasteiger partial charge in [-0.15, -0.1) is 0 Å². The van der Waals surface area contributed by atoms with Crippen molar-refractivity contribution in [1.82, 2.24) is 0 Å². The summed E-state index contributed by atoms with van der Waals surface area (Å²) in [6, 6.07) is -0.907. The molecule has 2 N–H and O–H groups in total. The standard InChI is InChI=1S/C22H19BF12O4/c1-8(2)38-17-13(10-5-11(19(24,25)26)7-12(6-10)20(27,28)29)14(21(30,31)32)16(23(36)37)18(39-9(3)4)15(17)22(33,34)35/h5-9,36-37H,1-4H3. The maximum absolute atomic E-state index is 14.4. The summed E-state index contributed by atoms with van der Waals surface area (Å²) in [6.45, 7) is 4.20. The molecule has 0 saturated heterocycles. The lowest BCUT2D eigenvalue weighted by Gasteiger charge is -2.30. The van der Waals surface area contributed by atoms with Gasteiger partial charge in [-0.25, -0.2) is 0 Å². The minimum Gasteiger partial charge on any atom is -0.491 e. The van der Waals surface area contributed by atoms with Crippen LogP contribution in [0.1, 0.15) is 49.9 Å². The molecule has 0 fully saturated rings. The van der Waals surface area contributed by atoms with Crippen LogP contribution in [-0.2, 0) is 24.7 Å². The van der Waals surface area contributed by atoms with E-state index in [4.69, 9.17) is 9.47 Å². The fraction of sp³-hybridized carbons (Fsp3) is 0.455. The van der Waals surface area contributed by atoms with Crippen LogP contribution in [-0.4, -0.2) is 29.4 Å². The van der Waals surface area contributed by atoms with E-state index < -0.39 is 100 Å². The van der Waals surface area contributed by atoms with E-state index in [0.717, 1.165) is 27.7 Å². The van der Waals surface area contributed by atoms with Gasteiger partial charge in [0.25, 0.3) is 0 Å². The Kier molecular flexibility index (Phi) is 8.83. The summed E-state index contributed by atoms with van der Waals surface area (Å²) in [5, 5.41) is 19.5. The number of benzene rings is 2. The van der Waals surface area contributed by atoms with Gasteiger partial charge in [0.15, 0.2) is 0 Å². The van der Waals surface area contributed by atoms with Gasteiger partial charge in [-0.2, -0.15) is 52.7 Å². The largest absolute Gasteiger partial charge is 0.492 e. The maximum atomic E-state index is 14.4. The van der Waals surface area contributed by atoms with E-state index in [1.807, 2.05) is 0 Å². The van der Waals surface area contributed by atoms with E-state index in [-0.39, 0.29) is 12.1 Å². The van der Waals surface area contributed by atoms with Crippen LogP contribution >= 0.6 is 0 Å². The highest BCUT2D eigenvalue weighted by atomic mass is 19.4. The van der Waals surface area contributed by atoms with Crippen molar-refractivity contribution < 1.29 is 72.2 Å². The third-order valence-electron chi connectivity index (χ3n) is 4.85. The van der Waals surface area contributed by atoms with Crippen LogP contribution in [0.4, 0.5) is 52.7 Å². The predicted octanol–water partition coefficient (Wildman–Crippen LogP) is 6.68. The smallest absolute Gasteiger partial charge is 0.491 e. The minimum atomic E-state index is -5.88. The Morgan fingerprint density at radius 3 is 1.28 bits per heavy atom. The molecular weight excluding hydrogens is 567 g/mol. The van der Waals surface area contributed by atoms with Crippen molar-refractivity contribution in [3.05, 3.63) is 40.5 Å². The van der Waals surface area contributed by atoms with E-state index >= 15 is 0 Å². The van der Waals surface area contributed by atoms with Crippen LogP contribution in [0.5, 0.6) is 11.5 Å². The van der Waals surface area contributed by atoms with Gasteiger partial charge in [-0.1, -0.05) is 0 Å². The number of ether oxygens (including phenoxy) is 2. The Balaban J connectivity index is 3.44. The Morgan fingerprint density at radius 2 is 0.974 bits per heavy atom. The topological polar surface area (TPSA) is 58.9 Å². The average Bonchev–Trinajstić information content (AvgIpc) is 2.68. The highest BCUT2D eigenvalue weighted by Crippen LogP contribution is 2.53. The third-order valence-corrected chi connectivity index (χ3v) is 4.85. The van der Waals surface area contributed by atoms with Crippen molar-refractivity contribution in [3.63, 3.8) is 0 Å². The lowest BCUT2D eigenvalue weighted by molar-refractivity contribution is -0.144. The number of halogens is 12. The van der Waals surface area contributed by atoms with Gasteiger partial charge >= 0.3 is 31.8 Å². The average molecular weight is 586 g/mol. The van der Waals surface area contributed by atoms with Crippen molar-refractivity contribution >= 4 is 12.6 Å². The molecule has 0 aliphatic carbocycles. The predicted molar refractivity (Wildman–Crippen MR) is 113 cm³/mol. The van der Waals surface area contributed by atoms with Crippen LogP contribution in [0.25, 0.3) is 11.1 Å².